The average molecular weight is 458 g/mol. The highest BCUT2D eigenvalue weighted by Gasteiger charge is 2.36. The van der Waals surface area contributed by atoms with E-state index in [2.05, 4.69) is 10.2 Å². The first-order valence-electron chi connectivity index (χ1n) is 9.02. The molecular weight excluding hydrogens is 444 g/mol. The van der Waals surface area contributed by atoms with Crippen molar-refractivity contribution in [1.82, 2.24) is 10.2 Å². The molecule has 1 aliphatic carbocycles. The van der Waals surface area contributed by atoms with Gasteiger partial charge >= 0.3 is 12.4 Å². The van der Waals surface area contributed by atoms with E-state index in [1.807, 2.05) is 0 Å². The largest absolute Gasteiger partial charge is 0.423 e. The van der Waals surface area contributed by atoms with Crippen LogP contribution >= 0.6 is 0 Å². The number of alkyl halides is 6. The third kappa shape index (κ3) is 5.51. The Morgan fingerprint density at radius 3 is 2.53 bits per heavy atom. The van der Waals surface area contributed by atoms with E-state index in [1.165, 1.54) is 12.1 Å². The maximum absolute atomic E-state index is 13.2. The summed E-state index contributed by atoms with van der Waals surface area (Å²) in [5.41, 5.74) is -2.14. The molecule has 1 aromatic carbocycles. The lowest BCUT2D eigenvalue weighted by Gasteiger charge is -2.25. The number of hydrogen-bond donors (Lipinski definition) is 1. The molecule has 13 heteroatoms. The number of aromatic nitrogens is 2. The van der Waals surface area contributed by atoms with Gasteiger partial charge in [-0.25, -0.2) is 0 Å². The van der Waals surface area contributed by atoms with Crippen LogP contribution in [0.5, 0.6) is 0 Å². The van der Waals surface area contributed by atoms with E-state index in [4.69, 9.17) is 9.68 Å². The fourth-order valence-electron chi connectivity index (χ4n) is 3.04. The summed E-state index contributed by atoms with van der Waals surface area (Å²) in [6.45, 7) is -2.20. The van der Waals surface area contributed by atoms with E-state index < -0.39 is 48.2 Å². The highest BCUT2D eigenvalue weighted by atomic mass is 19.4. The Morgan fingerprint density at radius 2 is 1.97 bits per heavy atom. The first-order valence-corrected chi connectivity index (χ1v) is 9.02. The lowest BCUT2D eigenvalue weighted by molar-refractivity contribution is -0.416. The molecule has 1 atom stereocenters. The molecule has 0 bridgehead atoms. The van der Waals surface area contributed by atoms with Crippen LogP contribution in [0.15, 0.2) is 46.5 Å². The van der Waals surface area contributed by atoms with E-state index >= 15 is 0 Å². The standard InChI is InChI=1S/C19H13F6N5O2/c20-18(21,22)10-30(14-6-3-12(8-26)15(7-14)19(23,24)25)9-16-27-28-17(32-16)11-1-4-13(29-31)5-2-11/h1,3-7,11H,2,9-10H2/p+1. The van der Waals surface area contributed by atoms with Gasteiger partial charge in [0.25, 0.3) is 0 Å². The molecular formula is C19H14F6N5O2+. The predicted octanol–water partition coefficient (Wildman–Crippen LogP) is 3.30. The molecule has 0 spiro atoms. The van der Waals surface area contributed by atoms with Crippen LogP contribution in [-0.2, 0) is 12.7 Å². The summed E-state index contributed by atoms with van der Waals surface area (Å²) in [4.78, 5) is 11.2. The SMILES string of the molecule is N#Cc1ccc(N(Cc2nnc(C3C=CC([NH+]=O)=CC3)o2)CC(F)(F)F)cc1C(F)(F)F. The Bertz CT molecular complexity index is 1100. The molecule has 7 nitrogen and oxygen atoms in total. The molecule has 1 heterocycles. The maximum Gasteiger partial charge on any atom is 0.417 e. The Labute approximate surface area is 176 Å². The van der Waals surface area contributed by atoms with Gasteiger partial charge in [-0.05, 0) is 30.7 Å². The summed E-state index contributed by atoms with van der Waals surface area (Å²) >= 11 is 0. The van der Waals surface area contributed by atoms with Crippen LogP contribution < -0.4 is 10.1 Å². The maximum atomic E-state index is 13.2. The van der Waals surface area contributed by atoms with Gasteiger partial charge in [-0.2, -0.15) is 31.6 Å². The van der Waals surface area contributed by atoms with Crippen LogP contribution in [0.1, 0.15) is 35.2 Å². The molecule has 0 fully saturated rings. The number of hydrogen-bond acceptors (Lipinski definition) is 6. The van der Waals surface area contributed by atoms with Crippen LogP contribution in [0.2, 0.25) is 0 Å². The highest BCUT2D eigenvalue weighted by Crippen LogP contribution is 2.35. The lowest BCUT2D eigenvalue weighted by atomic mass is 10.00. The molecule has 0 radical (unpaired) electrons. The fourth-order valence-corrected chi connectivity index (χ4v) is 3.04. The molecule has 1 N–H and O–H groups in total. The molecule has 1 aliphatic rings. The molecule has 0 saturated heterocycles. The number of nitrogens with one attached hydrogen (secondary N) is 1. The first-order chi connectivity index (χ1) is 15.0. The van der Waals surface area contributed by atoms with Crippen LogP contribution in [0.4, 0.5) is 32.0 Å². The summed E-state index contributed by atoms with van der Waals surface area (Å²) in [5, 5.41) is 18.1. The second kappa shape index (κ2) is 8.81. The number of nitriles is 1. The quantitative estimate of drug-likeness (QED) is 0.668. The number of nitroso groups, excluding NO2 is 1. The molecule has 0 aliphatic heterocycles. The average Bonchev–Trinajstić information content (AvgIpc) is 3.20. The second-order valence-electron chi connectivity index (χ2n) is 6.81. The van der Waals surface area contributed by atoms with Crippen molar-refractivity contribution >= 4 is 5.69 Å². The Kier molecular flexibility index (Phi) is 6.33. The molecule has 0 amide bonds. The van der Waals surface area contributed by atoms with Crippen molar-refractivity contribution in [2.45, 2.75) is 31.2 Å². The van der Waals surface area contributed by atoms with Crippen molar-refractivity contribution in [3.63, 3.8) is 0 Å². The van der Waals surface area contributed by atoms with Crippen molar-refractivity contribution < 1.29 is 35.9 Å². The summed E-state index contributed by atoms with van der Waals surface area (Å²) in [6.07, 6.45) is -4.68. The van der Waals surface area contributed by atoms with Gasteiger partial charge < -0.3 is 9.32 Å². The minimum absolute atomic E-state index is 0.0835. The van der Waals surface area contributed by atoms with E-state index in [1.54, 1.807) is 17.3 Å². The van der Waals surface area contributed by atoms with Gasteiger partial charge in [-0.1, -0.05) is 6.08 Å². The van der Waals surface area contributed by atoms with Crippen LogP contribution in [-0.4, -0.2) is 22.9 Å². The van der Waals surface area contributed by atoms with Crippen molar-refractivity contribution in [3.05, 3.63) is 69.9 Å². The Hall–Kier alpha value is -3.69. The van der Waals surface area contributed by atoms with Crippen molar-refractivity contribution in [1.29, 1.82) is 5.26 Å². The zero-order chi connectivity index (χ0) is 23.5. The smallest absolute Gasteiger partial charge is 0.417 e. The van der Waals surface area contributed by atoms with Gasteiger partial charge in [-0.3, -0.25) is 0 Å². The summed E-state index contributed by atoms with van der Waals surface area (Å²) in [6, 6.07) is 3.65. The van der Waals surface area contributed by atoms with Crippen molar-refractivity contribution in [2.75, 3.05) is 11.4 Å². The molecule has 3 rings (SSSR count). The molecule has 32 heavy (non-hydrogen) atoms. The third-order valence-corrected chi connectivity index (χ3v) is 4.51. The van der Waals surface area contributed by atoms with E-state index in [0.29, 0.717) is 23.1 Å². The molecule has 2 aromatic rings. The van der Waals surface area contributed by atoms with Gasteiger partial charge in [0, 0.05) is 21.8 Å². The second-order valence-corrected chi connectivity index (χ2v) is 6.81. The van der Waals surface area contributed by atoms with Gasteiger partial charge in [-0.15, -0.1) is 10.2 Å². The van der Waals surface area contributed by atoms with Crippen LogP contribution in [0.25, 0.3) is 0 Å². The normalized spacial score (nSPS) is 16.4. The van der Waals surface area contributed by atoms with Gasteiger partial charge in [0.15, 0.2) is 0 Å². The Balaban J connectivity index is 1.88. The number of anilines is 1. The lowest BCUT2D eigenvalue weighted by Crippen LogP contribution is -2.61. The first kappa shape index (κ1) is 23.0. The van der Waals surface area contributed by atoms with Gasteiger partial charge in [0.05, 0.1) is 29.7 Å². The number of nitrogens with zero attached hydrogens (tertiary/aromatic N) is 4. The van der Waals surface area contributed by atoms with E-state index in [-0.39, 0.29) is 11.8 Å². The summed E-state index contributed by atoms with van der Waals surface area (Å²) < 4.78 is 84.5. The van der Waals surface area contributed by atoms with Crippen molar-refractivity contribution in [2.24, 2.45) is 0 Å². The number of rotatable bonds is 6. The van der Waals surface area contributed by atoms with E-state index in [9.17, 15) is 31.2 Å². The third-order valence-electron chi connectivity index (χ3n) is 4.51. The van der Waals surface area contributed by atoms with Crippen molar-refractivity contribution in [3.8, 4) is 6.07 Å². The van der Waals surface area contributed by atoms with Crippen LogP contribution in [0, 0.1) is 16.2 Å². The van der Waals surface area contributed by atoms with E-state index in [0.717, 1.165) is 12.1 Å². The minimum Gasteiger partial charge on any atom is -0.423 e. The molecule has 168 valence electrons. The monoisotopic (exact) mass is 458 g/mol. The number of allylic oxidation sites excluding steroid dienone is 3. The zero-order valence-corrected chi connectivity index (χ0v) is 16.0. The topological polar surface area (TPSA) is 97.0 Å². The minimum atomic E-state index is -4.93. The summed E-state index contributed by atoms with van der Waals surface area (Å²) in [5.74, 6) is -0.566. The number of benzene rings is 1. The Morgan fingerprint density at radius 1 is 1.22 bits per heavy atom. The highest BCUT2D eigenvalue weighted by molar-refractivity contribution is 5.55. The zero-order valence-electron chi connectivity index (χ0n) is 16.0. The molecule has 1 aromatic heterocycles. The summed E-state index contributed by atoms with van der Waals surface area (Å²) in [7, 11) is 0. The number of halogens is 6. The van der Waals surface area contributed by atoms with Crippen LogP contribution in [0.3, 0.4) is 0 Å². The van der Waals surface area contributed by atoms with Gasteiger partial charge in [0.1, 0.15) is 6.54 Å². The van der Waals surface area contributed by atoms with Gasteiger partial charge in [0.2, 0.25) is 17.5 Å². The molecule has 1 unspecified atom stereocenters. The predicted molar refractivity (Wildman–Crippen MR) is 96.5 cm³/mol. The molecule has 0 saturated carbocycles. The fraction of sp³-hybridized carbons (Fsp3) is 0.316.